The Labute approximate surface area is 292 Å². The molecule has 224 valence electrons. The van der Waals surface area contributed by atoms with Gasteiger partial charge < -0.3 is 4.90 Å². The molecule has 1 nitrogen and oxygen atoms in total. The van der Waals surface area contributed by atoms with E-state index in [2.05, 4.69) is 164 Å². The molecule has 2 bridgehead atoms. The van der Waals surface area contributed by atoms with Gasteiger partial charge in [-0.3, -0.25) is 0 Å². The minimum atomic E-state index is -0.138. The van der Waals surface area contributed by atoms with Crippen LogP contribution in [0.5, 0.6) is 0 Å². The summed E-state index contributed by atoms with van der Waals surface area (Å²) < 4.78 is 1.17. The second-order valence-electron chi connectivity index (χ2n) is 16.9. The van der Waals surface area contributed by atoms with Crippen molar-refractivity contribution in [2.45, 2.75) is 80.8 Å². The van der Waals surface area contributed by atoms with Crippen LogP contribution in [-0.2, 0) is 21.4 Å². The van der Waals surface area contributed by atoms with Crippen LogP contribution >= 0.6 is 15.9 Å². The first kappa shape index (κ1) is 32.0. The van der Waals surface area contributed by atoms with Crippen molar-refractivity contribution in [1.29, 1.82) is 0 Å². The highest BCUT2D eigenvalue weighted by Gasteiger charge is 2.48. The number of rotatable bonds is 4. The van der Waals surface area contributed by atoms with E-state index in [-0.39, 0.29) is 27.4 Å². The maximum atomic E-state index is 4.18. The Kier molecular flexibility index (Phi) is 7.28. The van der Waals surface area contributed by atoms with E-state index in [1.54, 1.807) is 11.1 Å². The molecule has 46 heavy (non-hydrogen) atoms. The van der Waals surface area contributed by atoms with E-state index in [0.717, 1.165) is 0 Å². The molecule has 9 heteroatoms. The number of allylic oxidation sites excluding steroid dienone is 3. The molecule has 1 fully saturated rings. The summed E-state index contributed by atoms with van der Waals surface area (Å²) >= 11 is 4.18. The van der Waals surface area contributed by atoms with Crippen LogP contribution in [0.4, 0.5) is 11.4 Å². The lowest BCUT2D eigenvalue weighted by atomic mass is 9.37. The summed E-state index contributed by atoms with van der Waals surface area (Å²) in [5.74, 6) is 7.36. The van der Waals surface area contributed by atoms with Gasteiger partial charge in [0.15, 0.2) is 0 Å². The van der Waals surface area contributed by atoms with Crippen molar-refractivity contribution < 1.29 is 0 Å². The molecule has 0 aromatic heterocycles. The number of hydrogen-bond donors (Lipinski definition) is 0. The average molecular weight is 657 g/mol. The molecular weight excluding hydrogens is 614 g/mol. The average Bonchev–Trinajstić information content (AvgIpc) is 3.11. The van der Waals surface area contributed by atoms with Crippen molar-refractivity contribution in [3.05, 3.63) is 86.4 Å². The normalized spacial score (nSPS) is 25.3. The Morgan fingerprint density at radius 2 is 1.37 bits per heavy atom. The fourth-order valence-electron chi connectivity index (χ4n) is 9.69. The van der Waals surface area contributed by atoms with Gasteiger partial charge in [0.25, 0.3) is 0 Å². The van der Waals surface area contributed by atoms with Gasteiger partial charge in [-0.1, -0.05) is 96.3 Å². The molecule has 5 aliphatic rings. The number of anilines is 2. The summed E-state index contributed by atoms with van der Waals surface area (Å²) in [6, 6.07) is 13.9. The molecule has 0 radical (unpaired) electrons. The third-order valence-corrected chi connectivity index (χ3v) is 13.2. The Balaban J connectivity index is 1.52. The van der Waals surface area contributed by atoms with Crippen molar-refractivity contribution >= 4 is 110 Å². The topological polar surface area (TPSA) is 3.24 Å². The smallest absolute Gasteiger partial charge is 0.141 e. The Hall–Kier alpha value is -2.57. The SMILES string of the molecule is Bc1c(B)c(C(B)(B)B)c(B)c(B)c1N(c1cc2c(cc1Br)C1(C)CCC2(C)CC1)C1C#CC=C2C(=C1)c1ccccc1C2(C)C. The van der Waals surface area contributed by atoms with Gasteiger partial charge in [-0.2, -0.15) is 0 Å². The van der Waals surface area contributed by atoms with Gasteiger partial charge in [0.05, 0.1) is 29.2 Å². The highest BCUT2D eigenvalue weighted by molar-refractivity contribution is 9.10. The molecule has 0 amide bonds. The Morgan fingerprint density at radius 1 is 0.804 bits per heavy atom. The monoisotopic (exact) mass is 657 g/mol. The number of nitrogens with zero attached hydrogens (tertiary/aromatic N) is 1. The molecule has 3 aromatic carbocycles. The third-order valence-electron chi connectivity index (χ3n) is 12.6. The molecule has 8 rings (SSSR count). The number of benzene rings is 3. The number of halogens is 1. The van der Waals surface area contributed by atoms with E-state index < -0.39 is 0 Å². The third kappa shape index (κ3) is 4.52. The van der Waals surface area contributed by atoms with Crippen LogP contribution in [0.2, 0.25) is 0 Å². The van der Waals surface area contributed by atoms with E-state index in [1.165, 1.54) is 91.2 Å². The molecule has 0 spiro atoms. The van der Waals surface area contributed by atoms with Crippen LogP contribution < -0.4 is 26.8 Å². The van der Waals surface area contributed by atoms with Crippen molar-refractivity contribution in [3.63, 3.8) is 0 Å². The first-order chi connectivity index (χ1) is 21.5. The van der Waals surface area contributed by atoms with Crippen LogP contribution in [0, 0.1) is 11.8 Å². The van der Waals surface area contributed by atoms with Crippen molar-refractivity contribution in [3.8, 4) is 11.8 Å². The second-order valence-corrected chi connectivity index (χ2v) is 17.7. The molecule has 5 aliphatic carbocycles. The highest BCUT2D eigenvalue weighted by atomic mass is 79.9. The summed E-state index contributed by atoms with van der Waals surface area (Å²) in [6.07, 6.45) is 9.76. The highest BCUT2D eigenvalue weighted by Crippen LogP contribution is 2.58. The largest absolute Gasteiger partial charge is 0.324 e. The van der Waals surface area contributed by atoms with Gasteiger partial charge in [0.1, 0.15) is 37.4 Å². The summed E-state index contributed by atoms with van der Waals surface area (Å²) in [5.41, 5.74) is 18.3. The van der Waals surface area contributed by atoms with Crippen molar-refractivity contribution in [2.75, 3.05) is 4.90 Å². The lowest BCUT2D eigenvalue weighted by molar-refractivity contribution is 0.187. The molecule has 0 N–H and O–H groups in total. The lowest BCUT2D eigenvalue weighted by Crippen LogP contribution is -2.54. The van der Waals surface area contributed by atoms with Crippen LogP contribution in [-0.4, -0.2) is 61.0 Å². The quantitative estimate of drug-likeness (QED) is 0.269. The van der Waals surface area contributed by atoms with Crippen LogP contribution in [0.15, 0.2) is 58.6 Å². The van der Waals surface area contributed by atoms with E-state index in [0.29, 0.717) is 0 Å². The zero-order valence-electron chi connectivity index (χ0n) is 29.8. The Morgan fingerprint density at radius 3 is 1.96 bits per heavy atom. The summed E-state index contributed by atoms with van der Waals surface area (Å²) in [5, 5.41) is 0.0603. The van der Waals surface area contributed by atoms with Gasteiger partial charge in [0.2, 0.25) is 0 Å². The van der Waals surface area contributed by atoms with Gasteiger partial charge in [-0.05, 0) is 110 Å². The summed E-state index contributed by atoms with van der Waals surface area (Å²) in [6.45, 7) is 9.70. The molecule has 0 aliphatic heterocycles. The molecule has 0 saturated heterocycles. The first-order valence-corrected chi connectivity index (χ1v) is 18.1. The predicted molar refractivity (Wildman–Crippen MR) is 223 cm³/mol. The standard InChI is InChI=1S/C37H43B7BrN/c1-34(2)22-10-6-5-9-20(22)21-16-19(8-7-11-23(21)34)46(33-31(40)29(38)28(37(42,43)44)30(39)32(33)41)27-18-25-24(17-26(27)45)35(3)12-14-36(25,4)15-13-35/h5-6,9-11,16-19H,12-15,38-44H2,1-4H3. The summed E-state index contributed by atoms with van der Waals surface area (Å²) in [4.78, 5) is 2.60. The zero-order valence-corrected chi connectivity index (χ0v) is 31.4. The molecule has 1 unspecified atom stereocenters. The van der Waals surface area contributed by atoms with Crippen LogP contribution in [0.1, 0.15) is 81.2 Å². The Bertz CT molecular complexity index is 1940. The maximum absolute atomic E-state index is 4.18. The van der Waals surface area contributed by atoms with Crippen LogP contribution in [0.25, 0.3) is 5.57 Å². The predicted octanol–water partition coefficient (Wildman–Crippen LogP) is -0.580. The van der Waals surface area contributed by atoms with E-state index in [1.807, 2.05) is 0 Å². The summed E-state index contributed by atoms with van der Waals surface area (Å²) in [7, 11) is 16.4. The van der Waals surface area contributed by atoms with E-state index in [9.17, 15) is 0 Å². The van der Waals surface area contributed by atoms with Gasteiger partial charge in [-0.15, -0.1) is 0 Å². The lowest BCUT2D eigenvalue weighted by Gasteiger charge is -2.52. The minimum Gasteiger partial charge on any atom is -0.324 e. The van der Waals surface area contributed by atoms with Crippen LogP contribution in [0.3, 0.4) is 0 Å². The van der Waals surface area contributed by atoms with E-state index >= 15 is 0 Å². The first-order valence-electron chi connectivity index (χ1n) is 17.3. The fraction of sp³-hybridized carbons (Fsp3) is 0.351. The second kappa shape index (κ2) is 10.5. The van der Waals surface area contributed by atoms with Crippen molar-refractivity contribution in [1.82, 2.24) is 0 Å². The van der Waals surface area contributed by atoms with Gasteiger partial charge in [-0.25, -0.2) is 0 Å². The minimum absolute atomic E-state index is 0.0603. The molecule has 3 aromatic rings. The number of hydrogen-bond acceptors (Lipinski definition) is 1. The molecule has 1 atom stereocenters. The number of fused-ring (bicyclic) bond motifs is 5. The fourth-order valence-corrected chi connectivity index (χ4v) is 10.2. The molecule has 1 saturated carbocycles. The molecule has 0 heterocycles. The van der Waals surface area contributed by atoms with Gasteiger partial charge in [0, 0.05) is 15.6 Å². The maximum Gasteiger partial charge on any atom is 0.141 e. The van der Waals surface area contributed by atoms with Gasteiger partial charge >= 0.3 is 0 Å². The zero-order chi connectivity index (χ0) is 33.1. The van der Waals surface area contributed by atoms with E-state index in [4.69, 9.17) is 0 Å². The molecular formula is C37H43B7BrN. The van der Waals surface area contributed by atoms with Crippen molar-refractivity contribution in [2.24, 2.45) is 0 Å².